The van der Waals surface area contributed by atoms with Crippen LogP contribution in [0.1, 0.15) is 65.8 Å². The summed E-state index contributed by atoms with van der Waals surface area (Å²) >= 11 is 0. The van der Waals surface area contributed by atoms with Crippen molar-refractivity contribution in [1.82, 2.24) is 20.2 Å². The highest BCUT2D eigenvalue weighted by molar-refractivity contribution is 5.96. The number of nitrogens with zero attached hydrogens (tertiary/aromatic N) is 4. The zero-order chi connectivity index (χ0) is 25.1. The molecule has 1 aromatic heterocycles. The van der Waals surface area contributed by atoms with Crippen LogP contribution < -0.4 is 10.2 Å². The molecule has 7 heteroatoms. The van der Waals surface area contributed by atoms with Crippen molar-refractivity contribution >= 4 is 17.5 Å². The first-order valence-corrected chi connectivity index (χ1v) is 13.7. The molecule has 0 spiro atoms. The van der Waals surface area contributed by atoms with Gasteiger partial charge in [-0.3, -0.25) is 9.59 Å². The second-order valence-electron chi connectivity index (χ2n) is 11.0. The Morgan fingerprint density at radius 2 is 1.69 bits per heavy atom. The van der Waals surface area contributed by atoms with Crippen LogP contribution in [0.15, 0.2) is 30.6 Å². The number of fused-ring (bicyclic) bond motifs is 1. The average Bonchev–Trinajstić information content (AvgIpc) is 3.59. The zero-order valence-electron chi connectivity index (χ0n) is 21.7. The van der Waals surface area contributed by atoms with Crippen LogP contribution in [-0.4, -0.2) is 59.4 Å². The van der Waals surface area contributed by atoms with Gasteiger partial charge in [-0.1, -0.05) is 25.0 Å². The molecule has 7 nitrogen and oxygen atoms in total. The number of amides is 2. The van der Waals surface area contributed by atoms with E-state index in [0.29, 0.717) is 29.7 Å². The van der Waals surface area contributed by atoms with Crippen molar-refractivity contribution in [3.8, 4) is 0 Å². The highest BCUT2D eigenvalue weighted by atomic mass is 16.2. The van der Waals surface area contributed by atoms with Crippen LogP contribution in [-0.2, 0) is 11.2 Å². The molecule has 2 aliphatic heterocycles. The van der Waals surface area contributed by atoms with Crippen molar-refractivity contribution < 1.29 is 9.59 Å². The molecule has 2 amide bonds. The smallest absolute Gasteiger partial charge is 0.257 e. The summed E-state index contributed by atoms with van der Waals surface area (Å²) in [5.41, 5.74) is 4.78. The van der Waals surface area contributed by atoms with Gasteiger partial charge in [-0.05, 0) is 63.1 Å². The van der Waals surface area contributed by atoms with Crippen LogP contribution in [0.5, 0.6) is 0 Å². The van der Waals surface area contributed by atoms with E-state index in [9.17, 15) is 9.59 Å². The molecule has 0 radical (unpaired) electrons. The van der Waals surface area contributed by atoms with Gasteiger partial charge in [0.05, 0.1) is 17.0 Å². The van der Waals surface area contributed by atoms with E-state index in [1.54, 1.807) is 0 Å². The first kappa shape index (κ1) is 24.7. The Morgan fingerprint density at radius 1 is 1.00 bits per heavy atom. The lowest BCUT2D eigenvalue weighted by molar-refractivity contribution is -0.121. The molecule has 3 fully saturated rings. The van der Waals surface area contributed by atoms with Crippen molar-refractivity contribution in [2.45, 2.75) is 58.8 Å². The lowest BCUT2D eigenvalue weighted by Gasteiger charge is -2.24. The van der Waals surface area contributed by atoms with Crippen molar-refractivity contribution in [3.05, 3.63) is 53.1 Å². The van der Waals surface area contributed by atoms with E-state index in [2.05, 4.69) is 44.5 Å². The molecular weight excluding hydrogens is 450 g/mol. The number of rotatable bonds is 8. The highest BCUT2D eigenvalue weighted by Gasteiger charge is 2.42. The van der Waals surface area contributed by atoms with Crippen molar-refractivity contribution in [3.63, 3.8) is 0 Å². The van der Waals surface area contributed by atoms with Crippen molar-refractivity contribution in [1.29, 1.82) is 0 Å². The van der Waals surface area contributed by atoms with E-state index in [4.69, 9.17) is 0 Å². The number of carbonyl (C=O) groups excluding carboxylic acids is 2. The number of hydrogen-bond acceptors (Lipinski definition) is 5. The van der Waals surface area contributed by atoms with Gasteiger partial charge in [0.1, 0.15) is 6.33 Å². The van der Waals surface area contributed by atoms with Crippen LogP contribution in [0.25, 0.3) is 0 Å². The molecule has 2 unspecified atom stereocenters. The van der Waals surface area contributed by atoms with Gasteiger partial charge < -0.3 is 15.1 Å². The second-order valence-corrected chi connectivity index (χ2v) is 11.0. The Morgan fingerprint density at radius 3 is 2.39 bits per heavy atom. The standard InChI is InChI=1S/C29H39N5O2/c1-20-28(21(2)32-19-31-20)29(36)34-17-24-15-33(16-25(24)18-34)26-11-5-9-22(13-26)10-6-12-30-27(35)14-23-7-3-4-8-23/h5,9,11,13,19,23-25H,3-4,6-8,10,12,14-18H2,1-2H3,(H,30,35). The summed E-state index contributed by atoms with van der Waals surface area (Å²) in [6.45, 7) is 8.09. The Labute approximate surface area is 214 Å². The summed E-state index contributed by atoms with van der Waals surface area (Å²) < 4.78 is 0. The monoisotopic (exact) mass is 489 g/mol. The molecule has 1 aromatic carbocycles. The zero-order valence-corrected chi connectivity index (χ0v) is 21.7. The fourth-order valence-electron chi connectivity index (χ4n) is 6.41. The van der Waals surface area contributed by atoms with Crippen LogP contribution in [0.4, 0.5) is 5.69 Å². The quantitative estimate of drug-likeness (QED) is 0.569. The van der Waals surface area contributed by atoms with Gasteiger partial charge in [0.25, 0.3) is 5.91 Å². The minimum Gasteiger partial charge on any atom is -0.371 e. The summed E-state index contributed by atoms with van der Waals surface area (Å²) in [5, 5.41) is 3.12. The Kier molecular flexibility index (Phi) is 7.54. The fraction of sp³-hybridized carbons (Fsp3) is 0.586. The topological polar surface area (TPSA) is 78.4 Å². The summed E-state index contributed by atoms with van der Waals surface area (Å²) in [4.78, 5) is 38.3. The van der Waals surface area contributed by atoms with Crippen LogP contribution in [0, 0.1) is 31.6 Å². The third kappa shape index (κ3) is 5.55. The first-order valence-electron chi connectivity index (χ1n) is 13.7. The number of benzene rings is 1. The largest absolute Gasteiger partial charge is 0.371 e. The van der Waals surface area contributed by atoms with Gasteiger partial charge >= 0.3 is 0 Å². The van der Waals surface area contributed by atoms with E-state index in [0.717, 1.165) is 57.0 Å². The summed E-state index contributed by atoms with van der Waals surface area (Å²) in [6, 6.07) is 8.84. The molecule has 2 saturated heterocycles. The molecule has 1 aliphatic carbocycles. The third-order valence-electron chi connectivity index (χ3n) is 8.40. The number of nitrogens with one attached hydrogen (secondary N) is 1. The normalized spacial score (nSPS) is 21.7. The summed E-state index contributed by atoms with van der Waals surface area (Å²) in [7, 11) is 0. The predicted molar refractivity (Wildman–Crippen MR) is 141 cm³/mol. The lowest BCUT2D eigenvalue weighted by atomic mass is 10.0. The van der Waals surface area contributed by atoms with E-state index < -0.39 is 0 Å². The maximum atomic E-state index is 13.2. The number of aryl methyl sites for hydroxylation is 3. The number of carbonyl (C=O) groups is 2. The molecule has 2 atom stereocenters. The summed E-state index contributed by atoms with van der Waals surface area (Å²) in [6.07, 6.45) is 9.16. The number of anilines is 1. The predicted octanol–water partition coefficient (Wildman–Crippen LogP) is 3.93. The minimum absolute atomic E-state index is 0.0730. The van der Waals surface area contributed by atoms with Gasteiger partial charge in [-0.25, -0.2) is 9.97 Å². The maximum absolute atomic E-state index is 13.2. The Hall–Kier alpha value is -2.96. The molecule has 3 aliphatic rings. The molecular formula is C29H39N5O2. The van der Waals surface area contributed by atoms with Gasteiger partial charge in [-0.2, -0.15) is 0 Å². The number of hydrogen-bond donors (Lipinski definition) is 1. The average molecular weight is 490 g/mol. The molecule has 192 valence electrons. The second kappa shape index (κ2) is 11.0. The van der Waals surface area contributed by atoms with Crippen molar-refractivity contribution in [2.24, 2.45) is 17.8 Å². The van der Waals surface area contributed by atoms with Crippen LogP contribution in [0.2, 0.25) is 0 Å². The minimum atomic E-state index is 0.0730. The SMILES string of the molecule is Cc1ncnc(C)c1C(=O)N1CC2CN(c3cccc(CCCNC(=O)CC4CCCC4)c3)CC2C1. The van der Waals surface area contributed by atoms with E-state index in [1.807, 2.05) is 18.7 Å². The third-order valence-corrected chi connectivity index (χ3v) is 8.40. The van der Waals surface area contributed by atoms with E-state index in [-0.39, 0.29) is 11.8 Å². The number of aromatic nitrogens is 2. The molecule has 5 rings (SSSR count). The molecule has 3 heterocycles. The van der Waals surface area contributed by atoms with Crippen LogP contribution in [0.3, 0.4) is 0 Å². The summed E-state index contributed by atoms with van der Waals surface area (Å²) in [5.74, 6) is 1.89. The molecule has 2 aromatic rings. The molecule has 1 N–H and O–H groups in total. The van der Waals surface area contributed by atoms with E-state index in [1.165, 1.54) is 43.3 Å². The van der Waals surface area contributed by atoms with Gasteiger partial charge in [-0.15, -0.1) is 0 Å². The lowest BCUT2D eigenvalue weighted by Crippen LogP contribution is -2.34. The van der Waals surface area contributed by atoms with Gasteiger partial charge in [0, 0.05) is 56.7 Å². The highest BCUT2D eigenvalue weighted by Crippen LogP contribution is 2.35. The molecule has 1 saturated carbocycles. The van der Waals surface area contributed by atoms with Crippen LogP contribution >= 0.6 is 0 Å². The molecule has 36 heavy (non-hydrogen) atoms. The Balaban J connectivity index is 1.09. The maximum Gasteiger partial charge on any atom is 0.257 e. The van der Waals surface area contributed by atoms with Gasteiger partial charge in [0.15, 0.2) is 0 Å². The fourth-order valence-corrected chi connectivity index (χ4v) is 6.41. The van der Waals surface area contributed by atoms with Crippen molar-refractivity contribution in [2.75, 3.05) is 37.6 Å². The van der Waals surface area contributed by atoms with E-state index >= 15 is 0 Å². The Bertz CT molecular complexity index is 1060. The number of likely N-dealkylation sites (tertiary alicyclic amines) is 1. The molecule has 0 bridgehead atoms. The van der Waals surface area contributed by atoms with Gasteiger partial charge in [0.2, 0.25) is 5.91 Å². The first-order chi connectivity index (χ1) is 17.5.